The average Bonchev–Trinajstić information content (AvgIpc) is 2.84. The van der Waals surface area contributed by atoms with Gasteiger partial charge in [0.2, 0.25) is 5.91 Å². The van der Waals surface area contributed by atoms with Crippen LogP contribution >= 0.6 is 0 Å². The zero-order valence-electron chi connectivity index (χ0n) is 20.6. The number of rotatable bonds is 12. The Labute approximate surface area is 201 Å². The lowest BCUT2D eigenvalue weighted by Crippen LogP contribution is -2.42. The van der Waals surface area contributed by atoms with E-state index < -0.39 is 0 Å². The van der Waals surface area contributed by atoms with E-state index in [1.165, 1.54) is 0 Å². The van der Waals surface area contributed by atoms with Gasteiger partial charge in [-0.1, -0.05) is 63.2 Å². The highest BCUT2D eigenvalue weighted by Gasteiger charge is 2.29. The molecule has 0 aliphatic heterocycles. The van der Waals surface area contributed by atoms with Crippen LogP contribution < -0.4 is 5.56 Å². The van der Waals surface area contributed by atoms with Crippen LogP contribution in [0.1, 0.15) is 44.6 Å². The van der Waals surface area contributed by atoms with Gasteiger partial charge in [-0.15, -0.1) is 0 Å². The molecule has 0 fully saturated rings. The Balaban J connectivity index is 1.94. The number of nitrogens with zero attached hydrogens (tertiary/aromatic N) is 3. The molecule has 0 saturated carbocycles. The van der Waals surface area contributed by atoms with Crippen molar-refractivity contribution in [3.63, 3.8) is 0 Å². The van der Waals surface area contributed by atoms with Gasteiger partial charge in [-0.2, -0.15) is 0 Å². The van der Waals surface area contributed by atoms with Crippen molar-refractivity contribution >= 4 is 16.8 Å². The van der Waals surface area contributed by atoms with Gasteiger partial charge in [0.05, 0.1) is 36.7 Å². The van der Waals surface area contributed by atoms with Crippen molar-refractivity contribution in [3.8, 4) is 0 Å². The zero-order chi connectivity index (χ0) is 24.5. The summed E-state index contributed by atoms with van der Waals surface area (Å²) in [7, 11) is 1.61. The Hall–Kier alpha value is -3.03. The predicted molar refractivity (Wildman–Crippen MR) is 134 cm³/mol. The van der Waals surface area contributed by atoms with E-state index in [0.717, 1.165) is 5.56 Å². The second-order valence-corrected chi connectivity index (χ2v) is 8.78. The van der Waals surface area contributed by atoms with E-state index in [1.807, 2.05) is 60.4 Å². The number of hydrogen-bond donors (Lipinski definition) is 0. The van der Waals surface area contributed by atoms with Crippen molar-refractivity contribution in [3.05, 3.63) is 76.3 Å². The van der Waals surface area contributed by atoms with Gasteiger partial charge in [0.25, 0.3) is 5.56 Å². The molecule has 3 rings (SSSR count). The number of aromatic nitrogens is 2. The van der Waals surface area contributed by atoms with Crippen LogP contribution in [0.25, 0.3) is 10.9 Å². The minimum Gasteiger partial charge on any atom is -0.383 e. The lowest BCUT2D eigenvalue weighted by Gasteiger charge is -2.33. The van der Waals surface area contributed by atoms with Crippen molar-refractivity contribution in [1.82, 2.24) is 14.5 Å². The molecule has 1 aromatic heterocycles. The fraction of sp³-hybridized carbons (Fsp3) is 0.444. The Morgan fingerprint density at radius 2 is 1.79 bits per heavy atom. The van der Waals surface area contributed by atoms with Gasteiger partial charge >= 0.3 is 0 Å². The van der Waals surface area contributed by atoms with E-state index in [0.29, 0.717) is 49.5 Å². The van der Waals surface area contributed by atoms with Crippen LogP contribution in [0.4, 0.5) is 0 Å². The summed E-state index contributed by atoms with van der Waals surface area (Å²) in [5.74, 6) is 0.712. The van der Waals surface area contributed by atoms with E-state index in [9.17, 15) is 9.59 Å². The smallest absolute Gasteiger partial charge is 0.261 e. The molecular weight excluding hydrogens is 430 g/mol. The number of benzene rings is 2. The largest absolute Gasteiger partial charge is 0.383 e. The molecule has 0 aliphatic carbocycles. The molecule has 1 unspecified atom stereocenters. The van der Waals surface area contributed by atoms with Crippen LogP contribution in [0, 0.1) is 5.92 Å². The third-order valence-electron chi connectivity index (χ3n) is 5.69. The lowest BCUT2D eigenvalue weighted by molar-refractivity contribution is -0.140. The summed E-state index contributed by atoms with van der Waals surface area (Å²) in [6.45, 7) is 7.78. The summed E-state index contributed by atoms with van der Waals surface area (Å²) >= 11 is 0. The molecule has 1 amide bonds. The fourth-order valence-electron chi connectivity index (χ4n) is 4.09. The zero-order valence-corrected chi connectivity index (χ0v) is 20.6. The first-order valence-corrected chi connectivity index (χ1v) is 11.9. The van der Waals surface area contributed by atoms with Crippen LogP contribution in [0.2, 0.25) is 0 Å². The molecule has 7 nitrogen and oxygen atoms in total. The number of amides is 1. The topological polar surface area (TPSA) is 73.7 Å². The fourth-order valence-corrected chi connectivity index (χ4v) is 4.09. The summed E-state index contributed by atoms with van der Waals surface area (Å²) in [6, 6.07) is 16.8. The predicted octanol–water partition coefficient (Wildman–Crippen LogP) is 4.20. The molecule has 0 radical (unpaired) electrons. The maximum absolute atomic E-state index is 13.4. The monoisotopic (exact) mass is 465 g/mol. The van der Waals surface area contributed by atoms with Crippen LogP contribution in [-0.2, 0) is 27.4 Å². The molecule has 7 heteroatoms. The SMILES string of the molecule is CCC(c1nc2ccccc2c(=O)n1CCOC)N(CC(C)C)C(=O)COCc1ccccc1. The van der Waals surface area contributed by atoms with E-state index in [2.05, 4.69) is 13.8 Å². The molecule has 34 heavy (non-hydrogen) atoms. The molecule has 1 heterocycles. The standard InChI is InChI=1S/C27H35N3O4/c1-5-24(26-28-23-14-10-9-13-22(23)27(32)29(26)15-16-33-4)30(17-20(2)3)25(31)19-34-18-21-11-7-6-8-12-21/h6-14,20,24H,5,15-19H2,1-4H3. The summed E-state index contributed by atoms with van der Waals surface area (Å²) in [4.78, 5) is 33.4. The number of para-hydroxylation sites is 1. The minimum absolute atomic E-state index is 0.0337. The van der Waals surface area contributed by atoms with Crippen molar-refractivity contribution in [2.75, 3.05) is 26.9 Å². The molecule has 0 bridgehead atoms. The molecule has 0 spiro atoms. The van der Waals surface area contributed by atoms with Crippen LogP contribution in [0.3, 0.4) is 0 Å². The van der Waals surface area contributed by atoms with Crippen LogP contribution in [0.15, 0.2) is 59.4 Å². The highest BCUT2D eigenvalue weighted by atomic mass is 16.5. The summed E-state index contributed by atoms with van der Waals surface area (Å²) in [5.41, 5.74) is 1.53. The maximum atomic E-state index is 13.4. The second kappa shape index (κ2) is 12.4. The molecule has 2 aromatic carbocycles. The normalized spacial score (nSPS) is 12.3. The molecule has 1 atom stereocenters. The quantitative estimate of drug-likeness (QED) is 0.401. The molecule has 0 saturated heterocycles. The van der Waals surface area contributed by atoms with E-state index in [4.69, 9.17) is 14.5 Å². The molecular formula is C27H35N3O4. The lowest BCUT2D eigenvalue weighted by atomic mass is 10.1. The second-order valence-electron chi connectivity index (χ2n) is 8.78. The van der Waals surface area contributed by atoms with E-state index in [-0.39, 0.29) is 30.0 Å². The highest BCUT2D eigenvalue weighted by molar-refractivity contribution is 5.79. The van der Waals surface area contributed by atoms with E-state index >= 15 is 0 Å². The van der Waals surface area contributed by atoms with Crippen molar-refractivity contribution in [2.24, 2.45) is 5.92 Å². The molecule has 182 valence electrons. The van der Waals surface area contributed by atoms with Crippen molar-refractivity contribution in [1.29, 1.82) is 0 Å². The molecule has 0 N–H and O–H groups in total. The van der Waals surface area contributed by atoms with Gasteiger partial charge < -0.3 is 14.4 Å². The number of methoxy groups -OCH3 is 1. The van der Waals surface area contributed by atoms with Crippen molar-refractivity contribution < 1.29 is 14.3 Å². The first-order chi connectivity index (χ1) is 16.5. The summed E-state index contributed by atoms with van der Waals surface area (Å²) in [5, 5.41) is 0.560. The van der Waals surface area contributed by atoms with Gasteiger partial charge in [0.1, 0.15) is 12.4 Å². The average molecular weight is 466 g/mol. The maximum Gasteiger partial charge on any atom is 0.261 e. The Bertz CT molecular complexity index is 1130. The Morgan fingerprint density at radius 3 is 2.47 bits per heavy atom. The number of ether oxygens (including phenoxy) is 2. The number of fused-ring (bicyclic) bond motifs is 1. The first-order valence-electron chi connectivity index (χ1n) is 11.9. The third kappa shape index (κ3) is 6.30. The molecule has 0 aliphatic rings. The minimum atomic E-state index is -0.357. The summed E-state index contributed by atoms with van der Waals surface area (Å²) in [6.07, 6.45) is 0.620. The number of hydrogen-bond acceptors (Lipinski definition) is 5. The van der Waals surface area contributed by atoms with Gasteiger partial charge in [-0.3, -0.25) is 14.2 Å². The van der Waals surface area contributed by atoms with Gasteiger partial charge in [-0.25, -0.2) is 4.98 Å². The Morgan fingerprint density at radius 1 is 1.09 bits per heavy atom. The van der Waals surface area contributed by atoms with E-state index in [1.54, 1.807) is 17.7 Å². The van der Waals surface area contributed by atoms with Gasteiger partial charge in [0, 0.05) is 13.7 Å². The van der Waals surface area contributed by atoms with Crippen LogP contribution in [-0.4, -0.2) is 47.2 Å². The summed E-state index contributed by atoms with van der Waals surface area (Å²) < 4.78 is 12.7. The Kier molecular flexibility index (Phi) is 9.36. The third-order valence-corrected chi connectivity index (χ3v) is 5.69. The first kappa shape index (κ1) is 25.6. The number of carbonyl (C=O) groups excluding carboxylic acids is 1. The highest BCUT2D eigenvalue weighted by Crippen LogP contribution is 2.25. The van der Waals surface area contributed by atoms with Crippen LogP contribution in [0.5, 0.6) is 0 Å². The van der Waals surface area contributed by atoms with Gasteiger partial charge in [-0.05, 0) is 30.0 Å². The van der Waals surface area contributed by atoms with Gasteiger partial charge in [0.15, 0.2) is 0 Å². The number of carbonyl (C=O) groups is 1. The molecule has 3 aromatic rings. The van der Waals surface area contributed by atoms with Crippen molar-refractivity contribution in [2.45, 2.75) is 46.4 Å².